The van der Waals surface area contributed by atoms with E-state index < -0.39 is 5.60 Å². The lowest BCUT2D eigenvalue weighted by atomic mass is 9.81. The van der Waals surface area contributed by atoms with Gasteiger partial charge in [-0.25, -0.2) is 4.79 Å². The number of rotatable bonds is 3. The SMILES string of the molecule is COC(=O)c1cccc(C#C[C@@]2(c3cccc(OC)c3)OCCc3ccccc32)c1. The molecule has 0 unspecified atom stereocenters. The molecule has 3 aromatic rings. The van der Waals surface area contributed by atoms with Crippen molar-refractivity contribution in [1.82, 2.24) is 0 Å². The van der Waals surface area contributed by atoms with Gasteiger partial charge in [-0.2, -0.15) is 0 Å². The molecule has 150 valence electrons. The summed E-state index contributed by atoms with van der Waals surface area (Å²) in [5, 5.41) is 0. The molecule has 0 amide bonds. The minimum absolute atomic E-state index is 0.388. The highest BCUT2D eigenvalue weighted by atomic mass is 16.5. The Bertz CT molecular complexity index is 1140. The van der Waals surface area contributed by atoms with Crippen LogP contribution in [0.25, 0.3) is 0 Å². The lowest BCUT2D eigenvalue weighted by Gasteiger charge is -2.35. The van der Waals surface area contributed by atoms with Crippen LogP contribution in [0.2, 0.25) is 0 Å². The van der Waals surface area contributed by atoms with Gasteiger partial charge in [0.05, 0.1) is 26.4 Å². The second-order valence-corrected chi connectivity index (χ2v) is 6.99. The van der Waals surface area contributed by atoms with Crippen LogP contribution in [0.3, 0.4) is 0 Å². The largest absolute Gasteiger partial charge is 0.497 e. The van der Waals surface area contributed by atoms with Crippen LogP contribution in [-0.2, 0) is 21.5 Å². The van der Waals surface area contributed by atoms with Crippen LogP contribution < -0.4 is 4.74 Å². The fourth-order valence-electron chi connectivity index (χ4n) is 3.73. The molecule has 3 aromatic carbocycles. The van der Waals surface area contributed by atoms with Crippen LogP contribution in [0.1, 0.15) is 32.6 Å². The first-order valence-corrected chi connectivity index (χ1v) is 9.75. The first-order chi connectivity index (χ1) is 14.7. The van der Waals surface area contributed by atoms with Crippen molar-refractivity contribution >= 4 is 5.97 Å². The van der Waals surface area contributed by atoms with Gasteiger partial charge in [-0.1, -0.05) is 54.3 Å². The summed E-state index contributed by atoms with van der Waals surface area (Å²) < 4.78 is 16.6. The standard InChI is InChI=1S/C26H22O4/c1-28-23-11-6-10-22(18-23)26(24-12-4-3-8-20(24)14-16-30-26)15-13-19-7-5-9-21(17-19)25(27)29-2/h3-12,17-18H,14,16H2,1-2H3/t26-/m0/s1. The number of hydrogen-bond donors (Lipinski definition) is 0. The Labute approximate surface area is 176 Å². The first kappa shape index (κ1) is 19.8. The van der Waals surface area contributed by atoms with Gasteiger partial charge >= 0.3 is 5.97 Å². The molecular weight excluding hydrogens is 376 g/mol. The second-order valence-electron chi connectivity index (χ2n) is 6.99. The van der Waals surface area contributed by atoms with E-state index >= 15 is 0 Å². The van der Waals surface area contributed by atoms with Gasteiger partial charge in [-0.05, 0) is 42.3 Å². The van der Waals surface area contributed by atoms with E-state index in [9.17, 15) is 4.79 Å². The zero-order valence-corrected chi connectivity index (χ0v) is 17.0. The van der Waals surface area contributed by atoms with Crippen LogP contribution >= 0.6 is 0 Å². The Morgan fingerprint density at radius 1 is 1.00 bits per heavy atom. The first-order valence-electron chi connectivity index (χ1n) is 9.75. The summed E-state index contributed by atoms with van der Waals surface area (Å²) in [5.74, 6) is 6.96. The van der Waals surface area contributed by atoms with E-state index in [-0.39, 0.29) is 5.97 Å². The maximum absolute atomic E-state index is 11.9. The van der Waals surface area contributed by atoms with Crippen LogP contribution in [0.4, 0.5) is 0 Å². The second kappa shape index (κ2) is 8.44. The number of esters is 1. The Hall–Kier alpha value is -3.55. The smallest absolute Gasteiger partial charge is 0.337 e. The quantitative estimate of drug-likeness (QED) is 0.486. The molecule has 4 nitrogen and oxygen atoms in total. The van der Waals surface area contributed by atoms with Crippen molar-refractivity contribution in [2.75, 3.05) is 20.8 Å². The lowest BCUT2D eigenvalue weighted by molar-refractivity contribution is 0.0160. The summed E-state index contributed by atoms with van der Waals surface area (Å²) in [6, 6.07) is 23.1. The van der Waals surface area contributed by atoms with E-state index in [0.717, 1.165) is 23.3 Å². The molecular formula is C26H22O4. The minimum atomic E-state index is -0.926. The van der Waals surface area contributed by atoms with Gasteiger partial charge in [0.15, 0.2) is 5.60 Å². The molecule has 1 aliphatic heterocycles. The molecule has 0 spiro atoms. The number of ether oxygens (including phenoxy) is 3. The molecule has 4 heteroatoms. The average molecular weight is 398 g/mol. The molecule has 0 saturated carbocycles. The van der Waals surface area contributed by atoms with Crippen molar-refractivity contribution in [2.45, 2.75) is 12.0 Å². The van der Waals surface area contributed by atoms with Crippen molar-refractivity contribution in [2.24, 2.45) is 0 Å². The van der Waals surface area contributed by atoms with E-state index in [1.807, 2.05) is 42.5 Å². The van der Waals surface area contributed by atoms with E-state index in [0.29, 0.717) is 17.7 Å². The highest BCUT2D eigenvalue weighted by molar-refractivity contribution is 5.89. The van der Waals surface area contributed by atoms with E-state index in [4.69, 9.17) is 14.2 Å². The van der Waals surface area contributed by atoms with Crippen LogP contribution in [0, 0.1) is 11.8 Å². The number of benzene rings is 3. The summed E-state index contributed by atoms with van der Waals surface area (Å²) in [6.07, 6.45) is 0.835. The maximum Gasteiger partial charge on any atom is 0.337 e. The summed E-state index contributed by atoms with van der Waals surface area (Å²) in [4.78, 5) is 11.9. The fourth-order valence-corrected chi connectivity index (χ4v) is 3.73. The van der Waals surface area contributed by atoms with Gasteiger partial charge in [0, 0.05) is 16.7 Å². The predicted molar refractivity (Wildman–Crippen MR) is 115 cm³/mol. The van der Waals surface area contributed by atoms with Gasteiger partial charge < -0.3 is 14.2 Å². The number of carbonyl (C=O) groups excluding carboxylic acids is 1. The van der Waals surface area contributed by atoms with Crippen LogP contribution in [0.15, 0.2) is 72.8 Å². The van der Waals surface area contributed by atoms with E-state index in [1.165, 1.54) is 12.7 Å². The maximum atomic E-state index is 11.9. The van der Waals surface area contributed by atoms with Crippen molar-refractivity contribution < 1.29 is 19.0 Å². The minimum Gasteiger partial charge on any atom is -0.497 e. The Kier molecular flexibility index (Phi) is 5.56. The number of hydrogen-bond acceptors (Lipinski definition) is 4. The summed E-state index contributed by atoms with van der Waals surface area (Å²) in [6.45, 7) is 0.561. The zero-order valence-electron chi connectivity index (χ0n) is 17.0. The summed E-state index contributed by atoms with van der Waals surface area (Å²) >= 11 is 0. The Morgan fingerprint density at radius 3 is 2.67 bits per heavy atom. The zero-order chi connectivity index (χ0) is 21.0. The molecule has 1 heterocycles. The average Bonchev–Trinajstić information content (AvgIpc) is 2.82. The molecule has 1 atom stereocenters. The number of methoxy groups -OCH3 is 2. The van der Waals surface area contributed by atoms with Gasteiger partial charge in [0.1, 0.15) is 5.75 Å². The van der Waals surface area contributed by atoms with Crippen LogP contribution in [-0.4, -0.2) is 26.8 Å². The van der Waals surface area contributed by atoms with Crippen molar-refractivity contribution in [3.8, 4) is 17.6 Å². The van der Waals surface area contributed by atoms with Gasteiger partial charge in [-0.3, -0.25) is 0 Å². The van der Waals surface area contributed by atoms with Crippen molar-refractivity contribution in [1.29, 1.82) is 0 Å². The van der Waals surface area contributed by atoms with Gasteiger partial charge in [0.2, 0.25) is 0 Å². The highest BCUT2D eigenvalue weighted by Gasteiger charge is 2.38. The number of carbonyl (C=O) groups is 1. The molecule has 0 bridgehead atoms. The van der Waals surface area contributed by atoms with E-state index in [1.54, 1.807) is 25.3 Å². The third kappa shape index (κ3) is 3.68. The normalized spacial score (nSPS) is 17.3. The highest BCUT2D eigenvalue weighted by Crippen LogP contribution is 2.39. The lowest BCUT2D eigenvalue weighted by Crippen LogP contribution is -2.35. The molecule has 0 N–H and O–H groups in total. The third-order valence-electron chi connectivity index (χ3n) is 5.23. The molecule has 0 aromatic heterocycles. The van der Waals surface area contributed by atoms with Crippen LogP contribution in [0.5, 0.6) is 5.75 Å². The topological polar surface area (TPSA) is 44.8 Å². The summed E-state index contributed by atoms with van der Waals surface area (Å²) in [7, 11) is 3.01. The predicted octanol–water partition coefficient (Wildman–Crippen LogP) is 4.35. The van der Waals surface area contributed by atoms with E-state index in [2.05, 4.69) is 24.0 Å². The molecule has 30 heavy (non-hydrogen) atoms. The molecule has 0 saturated heterocycles. The Morgan fingerprint density at radius 2 is 1.83 bits per heavy atom. The fraction of sp³-hybridized carbons (Fsp3) is 0.192. The monoisotopic (exact) mass is 398 g/mol. The third-order valence-corrected chi connectivity index (χ3v) is 5.23. The molecule has 0 aliphatic carbocycles. The van der Waals surface area contributed by atoms with Gasteiger partial charge in [0.25, 0.3) is 0 Å². The number of fused-ring (bicyclic) bond motifs is 1. The van der Waals surface area contributed by atoms with Crippen molar-refractivity contribution in [3.05, 3.63) is 101 Å². The molecule has 4 rings (SSSR count). The van der Waals surface area contributed by atoms with Crippen molar-refractivity contribution in [3.63, 3.8) is 0 Å². The summed E-state index contributed by atoms with van der Waals surface area (Å²) in [5.41, 5.74) is 3.40. The molecule has 1 aliphatic rings. The molecule has 0 fully saturated rings. The Balaban J connectivity index is 1.87. The van der Waals surface area contributed by atoms with Gasteiger partial charge in [-0.15, -0.1) is 0 Å². The molecule has 0 radical (unpaired) electrons.